The Balaban J connectivity index is 1.63. The van der Waals surface area contributed by atoms with Gasteiger partial charge in [0.25, 0.3) is 0 Å². The number of likely N-dealkylation sites (tertiary alicyclic amines) is 1. The van der Waals surface area contributed by atoms with Gasteiger partial charge in [-0.1, -0.05) is 6.07 Å². The van der Waals surface area contributed by atoms with Crippen LogP contribution in [0.2, 0.25) is 0 Å². The quantitative estimate of drug-likeness (QED) is 0.746. The van der Waals surface area contributed by atoms with Gasteiger partial charge in [-0.2, -0.15) is 0 Å². The van der Waals surface area contributed by atoms with Gasteiger partial charge in [-0.15, -0.1) is 0 Å². The Labute approximate surface area is 103 Å². The molecule has 1 fully saturated rings. The van der Waals surface area contributed by atoms with E-state index in [0.29, 0.717) is 5.92 Å². The van der Waals surface area contributed by atoms with E-state index in [1.165, 1.54) is 0 Å². The lowest BCUT2D eigenvalue weighted by Gasteiger charge is -2.38. The smallest absolute Gasteiger partial charge is 0.213 e. The zero-order chi connectivity index (χ0) is 12.1. The molecule has 0 N–H and O–H groups in total. The first kappa shape index (κ1) is 12.3. The second-order valence-corrected chi connectivity index (χ2v) is 4.60. The Morgan fingerprint density at radius 3 is 2.88 bits per heavy atom. The van der Waals surface area contributed by atoms with Crippen LogP contribution in [0.3, 0.4) is 0 Å². The van der Waals surface area contributed by atoms with E-state index in [9.17, 15) is 0 Å². The third-order valence-corrected chi connectivity index (χ3v) is 3.00. The van der Waals surface area contributed by atoms with E-state index in [-0.39, 0.29) is 0 Å². The molecule has 0 spiro atoms. The van der Waals surface area contributed by atoms with Crippen LogP contribution in [0.5, 0.6) is 5.88 Å². The van der Waals surface area contributed by atoms with Crippen LogP contribution in [0.25, 0.3) is 0 Å². The molecule has 2 heterocycles. The summed E-state index contributed by atoms with van der Waals surface area (Å²) in [4.78, 5) is 6.60. The highest BCUT2D eigenvalue weighted by Crippen LogP contribution is 2.16. The van der Waals surface area contributed by atoms with Gasteiger partial charge >= 0.3 is 0 Å². The number of nitrogens with zero attached hydrogens (tertiary/aromatic N) is 2. The number of hydrogen-bond donors (Lipinski definition) is 0. The Morgan fingerprint density at radius 2 is 2.24 bits per heavy atom. The standard InChI is InChI=1S/C13H20N2O2/c1-11-3-4-13(14-7-11)17-10-12-8-15(9-12)5-6-16-2/h3-4,7,12H,5-6,8-10H2,1-2H3. The summed E-state index contributed by atoms with van der Waals surface area (Å²) in [5, 5.41) is 0. The van der Waals surface area contributed by atoms with Crippen LogP contribution in [-0.2, 0) is 4.74 Å². The first-order valence-corrected chi connectivity index (χ1v) is 6.04. The largest absolute Gasteiger partial charge is 0.477 e. The molecular formula is C13H20N2O2. The van der Waals surface area contributed by atoms with Gasteiger partial charge in [-0.05, 0) is 12.5 Å². The van der Waals surface area contributed by atoms with Crippen molar-refractivity contribution in [2.45, 2.75) is 6.92 Å². The second-order valence-electron chi connectivity index (χ2n) is 4.60. The van der Waals surface area contributed by atoms with Crippen molar-refractivity contribution < 1.29 is 9.47 Å². The molecule has 0 aromatic carbocycles. The van der Waals surface area contributed by atoms with Crippen molar-refractivity contribution in [3.63, 3.8) is 0 Å². The lowest BCUT2D eigenvalue weighted by atomic mass is 10.0. The van der Waals surface area contributed by atoms with Gasteiger partial charge in [0.15, 0.2) is 0 Å². The van der Waals surface area contributed by atoms with Crippen LogP contribution in [-0.4, -0.2) is 49.8 Å². The average Bonchev–Trinajstić information content (AvgIpc) is 2.29. The van der Waals surface area contributed by atoms with Crippen molar-refractivity contribution in [3.8, 4) is 5.88 Å². The van der Waals surface area contributed by atoms with Crippen molar-refractivity contribution in [1.82, 2.24) is 9.88 Å². The molecule has 1 aliphatic rings. The molecule has 2 rings (SSSR count). The van der Waals surface area contributed by atoms with E-state index in [2.05, 4.69) is 9.88 Å². The molecule has 1 saturated heterocycles. The monoisotopic (exact) mass is 236 g/mol. The van der Waals surface area contributed by atoms with Crippen molar-refractivity contribution in [2.75, 3.05) is 40.0 Å². The first-order valence-electron chi connectivity index (χ1n) is 6.04. The number of aryl methyl sites for hydroxylation is 1. The van der Waals surface area contributed by atoms with E-state index in [4.69, 9.17) is 9.47 Å². The minimum absolute atomic E-state index is 0.634. The molecule has 0 saturated carbocycles. The van der Waals surface area contributed by atoms with Gasteiger partial charge in [0, 0.05) is 44.9 Å². The number of hydrogen-bond acceptors (Lipinski definition) is 4. The number of methoxy groups -OCH3 is 1. The van der Waals surface area contributed by atoms with Gasteiger partial charge < -0.3 is 14.4 Å². The number of aromatic nitrogens is 1. The molecule has 1 aliphatic heterocycles. The third-order valence-electron chi connectivity index (χ3n) is 3.00. The molecule has 94 valence electrons. The summed E-state index contributed by atoms with van der Waals surface area (Å²) in [6, 6.07) is 3.95. The zero-order valence-electron chi connectivity index (χ0n) is 10.6. The topological polar surface area (TPSA) is 34.6 Å². The van der Waals surface area contributed by atoms with Crippen LogP contribution in [0, 0.1) is 12.8 Å². The molecule has 0 radical (unpaired) electrons. The number of rotatable bonds is 6. The highest BCUT2D eigenvalue weighted by Gasteiger charge is 2.26. The molecule has 17 heavy (non-hydrogen) atoms. The first-order chi connectivity index (χ1) is 8.28. The predicted octanol–water partition coefficient (Wildman–Crippen LogP) is 1.35. The minimum atomic E-state index is 0.634. The molecule has 0 bridgehead atoms. The maximum Gasteiger partial charge on any atom is 0.213 e. The summed E-state index contributed by atoms with van der Waals surface area (Å²) in [6.45, 7) is 6.84. The fourth-order valence-corrected chi connectivity index (χ4v) is 1.93. The van der Waals surface area contributed by atoms with Crippen molar-refractivity contribution in [3.05, 3.63) is 23.9 Å². The zero-order valence-corrected chi connectivity index (χ0v) is 10.6. The van der Waals surface area contributed by atoms with Crippen LogP contribution in [0.4, 0.5) is 0 Å². The normalized spacial score (nSPS) is 16.8. The summed E-state index contributed by atoms with van der Waals surface area (Å²) in [5.74, 6) is 1.36. The summed E-state index contributed by atoms with van der Waals surface area (Å²) in [5.41, 5.74) is 1.16. The van der Waals surface area contributed by atoms with E-state index >= 15 is 0 Å². The Morgan fingerprint density at radius 1 is 1.41 bits per heavy atom. The summed E-state index contributed by atoms with van der Waals surface area (Å²) in [7, 11) is 1.74. The summed E-state index contributed by atoms with van der Waals surface area (Å²) in [6.07, 6.45) is 1.83. The fourth-order valence-electron chi connectivity index (χ4n) is 1.93. The lowest BCUT2D eigenvalue weighted by molar-refractivity contribution is 0.0387. The van der Waals surface area contributed by atoms with E-state index in [0.717, 1.165) is 44.3 Å². The molecule has 4 heteroatoms. The lowest BCUT2D eigenvalue weighted by Crippen LogP contribution is -2.50. The molecule has 0 unspecified atom stereocenters. The van der Waals surface area contributed by atoms with Gasteiger partial charge in [0.05, 0.1) is 13.2 Å². The van der Waals surface area contributed by atoms with E-state index in [1.54, 1.807) is 7.11 Å². The van der Waals surface area contributed by atoms with Crippen LogP contribution < -0.4 is 4.74 Å². The van der Waals surface area contributed by atoms with Crippen LogP contribution >= 0.6 is 0 Å². The molecular weight excluding hydrogens is 216 g/mol. The van der Waals surface area contributed by atoms with Crippen LogP contribution in [0.1, 0.15) is 5.56 Å². The molecule has 1 aromatic heterocycles. The molecule has 0 amide bonds. The van der Waals surface area contributed by atoms with Crippen molar-refractivity contribution >= 4 is 0 Å². The minimum Gasteiger partial charge on any atom is -0.477 e. The van der Waals surface area contributed by atoms with Crippen molar-refractivity contribution in [1.29, 1.82) is 0 Å². The molecule has 4 nitrogen and oxygen atoms in total. The number of ether oxygens (including phenoxy) is 2. The van der Waals surface area contributed by atoms with Gasteiger partial charge in [0.1, 0.15) is 0 Å². The van der Waals surface area contributed by atoms with Gasteiger partial charge in [0.2, 0.25) is 5.88 Å². The van der Waals surface area contributed by atoms with Crippen molar-refractivity contribution in [2.24, 2.45) is 5.92 Å². The molecule has 1 aromatic rings. The highest BCUT2D eigenvalue weighted by atomic mass is 16.5. The van der Waals surface area contributed by atoms with Crippen LogP contribution in [0.15, 0.2) is 18.3 Å². The molecule has 0 aliphatic carbocycles. The van der Waals surface area contributed by atoms with E-state index < -0.39 is 0 Å². The Bertz CT molecular complexity index is 334. The average molecular weight is 236 g/mol. The van der Waals surface area contributed by atoms with Gasteiger partial charge in [-0.3, -0.25) is 0 Å². The third kappa shape index (κ3) is 3.68. The van der Waals surface area contributed by atoms with E-state index in [1.807, 2.05) is 25.3 Å². The fraction of sp³-hybridized carbons (Fsp3) is 0.615. The second kappa shape index (κ2) is 5.98. The predicted molar refractivity (Wildman–Crippen MR) is 66.3 cm³/mol. The SMILES string of the molecule is COCCN1CC(COc2ccc(C)cn2)C1. The summed E-state index contributed by atoms with van der Waals surface area (Å²) >= 11 is 0. The van der Waals surface area contributed by atoms with Gasteiger partial charge in [-0.25, -0.2) is 4.98 Å². The maximum atomic E-state index is 5.65. The maximum absolute atomic E-state index is 5.65. The molecule has 0 atom stereocenters. The highest BCUT2D eigenvalue weighted by molar-refractivity contribution is 5.16. The summed E-state index contributed by atoms with van der Waals surface area (Å²) < 4.78 is 10.7. The number of pyridine rings is 1. The Hall–Kier alpha value is -1.13. The Kier molecular flexibility index (Phi) is 4.34.